The largest absolute Gasteiger partial charge is 0.455 e. The summed E-state index contributed by atoms with van der Waals surface area (Å²) >= 11 is 0. The Morgan fingerprint density at radius 3 is 2.73 bits per heavy atom. The maximum absolute atomic E-state index is 11.2. The summed E-state index contributed by atoms with van der Waals surface area (Å²) in [5.74, 6) is -0.329. The number of esters is 1. The highest BCUT2D eigenvalue weighted by Crippen LogP contribution is 2.24. The Bertz CT molecular complexity index is 679. The minimum Gasteiger partial charge on any atom is -0.455 e. The van der Waals surface area contributed by atoms with Crippen LogP contribution in [0.4, 0.5) is 0 Å². The van der Waals surface area contributed by atoms with Crippen molar-refractivity contribution in [2.75, 3.05) is 0 Å². The van der Waals surface area contributed by atoms with Crippen LogP contribution in [0, 0.1) is 0 Å². The van der Waals surface area contributed by atoms with E-state index < -0.39 is 18.3 Å². The molecule has 5 heteroatoms. The van der Waals surface area contributed by atoms with Crippen molar-refractivity contribution in [3.8, 4) is 0 Å². The van der Waals surface area contributed by atoms with E-state index in [1.165, 1.54) is 6.08 Å². The lowest BCUT2D eigenvalue weighted by atomic mass is 9.95. The lowest BCUT2D eigenvalue weighted by molar-refractivity contribution is -0.149. The predicted molar refractivity (Wildman–Crippen MR) is 98.2 cm³/mol. The van der Waals surface area contributed by atoms with Crippen molar-refractivity contribution in [1.29, 1.82) is 0 Å². The van der Waals surface area contributed by atoms with Crippen LogP contribution < -0.4 is 0 Å². The number of aliphatic hydroxyl groups is 2. The lowest BCUT2D eigenvalue weighted by Crippen LogP contribution is -2.47. The van der Waals surface area contributed by atoms with Crippen LogP contribution in [0.15, 0.2) is 60.7 Å². The molecule has 2 N–H and O–H groups in total. The average molecular weight is 356 g/mol. The molecule has 138 valence electrons. The third kappa shape index (κ3) is 5.14. The first-order valence-corrected chi connectivity index (χ1v) is 8.90. The number of carbonyl (C=O) groups excluding carboxylic acids is 1. The molecule has 2 aliphatic rings. The Balaban J connectivity index is 1.56. The number of aliphatic hydroxyl groups excluding tert-OH is 2. The van der Waals surface area contributed by atoms with Crippen LogP contribution in [0.2, 0.25) is 0 Å². The summed E-state index contributed by atoms with van der Waals surface area (Å²) in [5, 5.41) is 20.3. The highest BCUT2D eigenvalue weighted by molar-refractivity contribution is 5.82. The van der Waals surface area contributed by atoms with E-state index in [9.17, 15) is 15.0 Å². The van der Waals surface area contributed by atoms with Gasteiger partial charge in [-0.3, -0.25) is 0 Å². The van der Waals surface area contributed by atoms with E-state index >= 15 is 0 Å². The number of ether oxygens (including phenoxy) is 2. The van der Waals surface area contributed by atoms with E-state index in [0.29, 0.717) is 19.3 Å². The molecule has 3 rings (SSSR count). The summed E-state index contributed by atoms with van der Waals surface area (Å²) in [7, 11) is 0. The van der Waals surface area contributed by atoms with Gasteiger partial charge >= 0.3 is 5.97 Å². The second kappa shape index (κ2) is 8.94. The Hall–Kier alpha value is -2.21. The highest BCUT2D eigenvalue weighted by Gasteiger charge is 2.34. The molecule has 1 aromatic carbocycles. The van der Waals surface area contributed by atoms with Crippen molar-refractivity contribution in [2.24, 2.45) is 0 Å². The van der Waals surface area contributed by atoms with Gasteiger partial charge in [0.25, 0.3) is 0 Å². The summed E-state index contributed by atoms with van der Waals surface area (Å²) in [6.07, 6.45) is 9.46. The summed E-state index contributed by atoms with van der Waals surface area (Å²) in [5.41, 5.74) is 1.01. The number of cyclic esters (lactones) is 1. The van der Waals surface area contributed by atoms with Crippen LogP contribution in [-0.2, 0) is 14.3 Å². The Kier molecular flexibility index (Phi) is 6.39. The molecule has 0 spiro atoms. The Labute approximate surface area is 153 Å². The van der Waals surface area contributed by atoms with E-state index in [1.54, 1.807) is 12.2 Å². The topological polar surface area (TPSA) is 76.0 Å². The van der Waals surface area contributed by atoms with E-state index in [1.807, 2.05) is 48.6 Å². The first kappa shape index (κ1) is 18.6. The summed E-state index contributed by atoms with van der Waals surface area (Å²) in [6.45, 7) is 0. The van der Waals surface area contributed by atoms with Gasteiger partial charge in [0.15, 0.2) is 0 Å². The molecule has 0 bridgehead atoms. The maximum atomic E-state index is 11.2. The monoisotopic (exact) mass is 356 g/mol. The molecule has 1 fully saturated rings. The van der Waals surface area contributed by atoms with Crippen molar-refractivity contribution in [2.45, 2.75) is 49.8 Å². The molecule has 0 aliphatic carbocycles. The molecule has 5 atom stereocenters. The molecule has 0 aromatic heterocycles. The molecular weight excluding hydrogens is 332 g/mol. The van der Waals surface area contributed by atoms with Crippen LogP contribution in [-0.4, -0.2) is 46.7 Å². The molecule has 0 amide bonds. The summed E-state index contributed by atoms with van der Waals surface area (Å²) < 4.78 is 11.1. The van der Waals surface area contributed by atoms with Crippen molar-refractivity contribution in [1.82, 2.24) is 0 Å². The van der Waals surface area contributed by atoms with E-state index in [0.717, 1.165) is 5.56 Å². The molecule has 1 aromatic rings. The molecule has 1 saturated heterocycles. The predicted octanol–water partition coefficient (Wildman–Crippen LogP) is 2.40. The number of carbonyl (C=O) groups is 1. The highest BCUT2D eigenvalue weighted by atomic mass is 16.5. The zero-order chi connectivity index (χ0) is 18.4. The van der Waals surface area contributed by atoms with Gasteiger partial charge in [-0.25, -0.2) is 4.79 Å². The Morgan fingerprint density at radius 2 is 1.96 bits per heavy atom. The number of benzene rings is 1. The van der Waals surface area contributed by atoms with Crippen LogP contribution in [0.25, 0.3) is 6.08 Å². The van der Waals surface area contributed by atoms with Gasteiger partial charge in [-0.1, -0.05) is 54.6 Å². The number of hydrogen-bond donors (Lipinski definition) is 2. The second-order valence-corrected chi connectivity index (χ2v) is 6.56. The fraction of sp³-hybridized carbons (Fsp3) is 0.381. The van der Waals surface area contributed by atoms with Gasteiger partial charge in [-0.05, 0) is 18.1 Å². The molecule has 0 saturated carbocycles. The third-order valence-corrected chi connectivity index (χ3v) is 4.50. The minimum absolute atomic E-state index is 0.204. The first-order chi connectivity index (χ1) is 12.6. The SMILES string of the molecule is O=C1C=CC[C@H](C=CC[C@H]2C[C@H](O)[C@H](O)[C@@H](C=Cc3ccccc3)O2)O1. The first-order valence-electron chi connectivity index (χ1n) is 8.90. The normalized spacial score (nSPS) is 32.2. The lowest BCUT2D eigenvalue weighted by Gasteiger charge is -2.35. The second-order valence-electron chi connectivity index (χ2n) is 6.56. The molecule has 5 nitrogen and oxygen atoms in total. The fourth-order valence-corrected chi connectivity index (χ4v) is 3.10. The minimum atomic E-state index is -0.945. The van der Waals surface area contributed by atoms with Crippen molar-refractivity contribution in [3.63, 3.8) is 0 Å². The molecule has 2 heterocycles. The van der Waals surface area contributed by atoms with Crippen molar-refractivity contribution in [3.05, 3.63) is 66.3 Å². The third-order valence-electron chi connectivity index (χ3n) is 4.50. The van der Waals surface area contributed by atoms with E-state index in [-0.39, 0.29) is 18.2 Å². The summed E-state index contributed by atoms with van der Waals surface area (Å²) in [4.78, 5) is 11.2. The van der Waals surface area contributed by atoms with Gasteiger partial charge in [0.1, 0.15) is 18.3 Å². The van der Waals surface area contributed by atoms with Crippen LogP contribution in [0.3, 0.4) is 0 Å². The molecular formula is C21H24O5. The standard InChI is InChI=1S/C21H24O5/c22-18-14-17(10-4-8-16-9-5-11-20(23)26-16)25-19(21(18)24)13-12-15-6-2-1-3-7-15/h1-8,11-13,16-19,21-22,24H,9-10,14H2/t16-,17-,18-,19+,21-/m0/s1. The Morgan fingerprint density at radius 1 is 1.15 bits per heavy atom. The van der Waals surface area contributed by atoms with Gasteiger partial charge in [-0.2, -0.15) is 0 Å². The van der Waals surface area contributed by atoms with Gasteiger partial charge in [0, 0.05) is 18.9 Å². The van der Waals surface area contributed by atoms with Crippen LogP contribution in [0.1, 0.15) is 24.8 Å². The smallest absolute Gasteiger partial charge is 0.331 e. The summed E-state index contributed by atoms with van der Waals surface area (Å²) in [6, 6.07) is 9.74. The maximum Gasteiger partial charge on any atom is 0.331 e. The van der Waals surface area contributed by atoms with E-state index in [4.69, 9.17) is 9.47 Å². The van der Waals surface area contributed by atoms with Gasteiger partial charge < -0.3 is 19.7 Å². The average Bonchev–Trinajstić information content (AvgIpc) is 2.64. The number of rotatable bonds is 5. The molecule has 26 heavy (non-hydrogen) atoms. The van der Waals surface area contributed by atoms with Crippen molar-refractivity contribution < 1.29 is 24.5 Å². The van der Waals surface area contributed by atoms with E-state index in [2.05, 4.69) is 0 Å². The van der Waals surface area contributed by atoms with Gasteiger partial charge in [0.2, 0.25) is 0 Å². The molecule has 0 radical (unpaired) electrons. The quantitative estimate of drug-likeness (QED) is 0.626. The molecule has 0 unspecified atom stereocenters. The molecule has 2 aliphatic heterocycles. The van der Waals surface area contributed by atoms with Gasteiger partial charge in [0.05, 0.1) is 12.2 Å². The zero-order valence-electron chi connectivity index (χ0n) is 14.5. The van der Waals surface area contributed by atoms with Gasteiger partial charge in [-0.15, -0.1) is 0 Å². The fourth-order valence-electron chi connectivity index (χ4n) is 3.10. The van der Waals surface area contributed by atoms with Crippen molar-refractivity contribution >= 4 is 12.0 Å². The zero-order valence-corrected chi connectivity index (χ0v) is 14.5. The van der Waals surface area contributed by atoms with Crippen LogP contribution >= 0.6 is 0 Å². The van der Waals surface area contributed by atoms with Crippen LogP contribution in [0.5, 0.6) is 0 Å². The number of hydrogen-bond acceptors (Lipinski definition) is 5.